The highest BCUT2D eigenvalue weighted by molar-refractivity contribution is 5.82. The molecule has 0 aliphatic carbocycles. The van der Waals surface area contributed by atoms with Crippen molar-refractivity contribution in [3.63, 3.8) is 0 Å². The molecule has 1 aromatic heterocycles. The van der Waals surface area contributed by atoms with Crippen LogP contribution < -0.4 is 10.6 Å². The fourth-order valence-corrected chi connectivity index (χ4v) is 2.96. The third-order valence-electron chi connectivity index (χ3n) is 4.09. The predicted octanol–water partition coefficient (Wildman–Crippen LogP) is 1.81. The molecular weight excluding hydrogens is 264 g/mol. The molecule has 1 atom stereocenters. The summed E-state index contributed by atoms with van der Waals surface area (Å²) in [6.07, 6.45) is 3.05. The smallest absolute Gasteiger partial charge is 0.237 e. The van der Waals surface area contributed by atoms with E-state index < -0.39 is 0 Å². The number of aromatic nitrogens is 2. The molecule has 0 bridgehead atoms. The molecular formula is C16H22N4O. The van der Waals surface area contributed by atoms with Gasteiger partial charge in [0.25, 0.3) is 0 Å². The van der Waals surface area contributed by atoms with Crippen molar-refractivity contribution in [3.8, 4) is 0 Å². The van der Waals surface area contributed by atoms with E-state index in [-0.39, 0.29) is 11.9 Å². The summed E-state index contributed by atoms with van der Waals surface area (Å²) in [5, 5.41) is 6.33. The molecule has 1 fully saturated rings. The number of carbonyl (C=O) groups is 1. The Morgan fingerprint density at radius 2 is 2.24 bits per heavy atom. The van der Waals surface area contributed by atoms with Crippen molar-refractivity contribution in [2.24, 2.45) is 0 Å². The Kier molecular flexibility index (Phi) is 4.20. The number of hydrogen-bond acceptors (Lipinski definition) is 3. The molecule has 0 unspecified atom stereocenters. The standard InChI is InChI=1S/C16H22N4O/c1-2-20-14-9-4-3-7-12(14)19-15(20)11-18-13-8-5-6-10-17-16(13)21/h3-4,7,9,13,18H,2,5-6,8,10-11H2,1H3,(H,17,21)/t13-/m1/s1. The van der Waals surface area contributed by atoms with E-state index >= 15 is 0 Å². The van der Waals surface area contributed by atoms with E-state index in [9.17, 15) is 4.79 Å². The maximum atomic E-state index is 12.0. The SMILES string of the molecule is CCn1c(CN[C@@H]2CCCCNC2=O)nc2ccccc21. The van der Waals surface area contributed by atoms with Gasteiger partial charge in [0.2, 0.25) is 5.91 Å². The van der Waals surface area contributed by atoms with Crippen LogP contribution >= 0.6 is 0 Å². The number of amides is 1. The number of imidazole rings is 1. The molecule has 21 heavy (non-hydrogen) atoms. The molecule has 1 aliphatic heterocycles. The number of hydrogen-bond donors (Lipinski definition) is 2. The van der Waals surface area contributed by atoms with Gasteiger partial charge in [0, 0.05) is 13.1 Å². The number of nitrogens with zero attached hydrogens (tertiary/aromatic N) is 2. The van der Waals surface area contributed by atoms with Gasteiger partial charge in [-0.25, -0.2) is 4.98 Å². The average Bonchev–Trinajstić information content (AvgIpc) is 2.73. The fourth-order valence-electron chi connectivity index (χ4n) is 2.96. The summed E-state index contributed by atoms with van der Waals surface area (Å²) in [5.41, 5.74) is 2.17. The number of rotatable bonds is 4. The predicted molar refractivity (Wildman–Crippen MR) is 82.9 cm³/mol. The van der Waals surface area contributed by atoms with Crippen LogP contribution in [0.1, 0.15) is 32.0 Å². The van der Waals surface area contributed by atoms with Gasteiger partial charge in [-0.15, -0.1) is 0 Å². The van der Waals surface area contributed by atoms with Gasteiger partial charge in [0.1, 0.15) is 5.82 Å². The topological polar surface area (TPSA) is 59.0 Å². The molecule has 3 rings (SSSR count). The first-order valence-corrected chi connectivity index (χ1v) is 7.75. The molecule has 112 valence electrons. The van der Waals surface area contributed by atoms with Crippen molar-refractivity contribution in [1.29, 1.82) is 0 Å². The van der Waals surface area contributed by atoms with Crippen molar-refractivity contribution in [3.05, 3.63) is 30.1 Å². The van der Waals surface area contributed by atoms with Crippen LogP contribution in [0.25, 0.3) is 11.0 Å². The minimum atomic E-state index is -0.0994. The van der Waals surface area contributed by atoms with E-state index in [0.29, 0.717) is 6.54 Å². The van der Waals surface area contributed by atoms with Crippen LogP contribution in [0, 0.1) is 0 Å². The van der Waals surface area contributed by atoms with E-state index in [1.54, 1.807) is 0 Å². The summed E-state index contributed by atoms with van der Waals surface area (Å²) in [7, 11) is 0. The lowest BCUT2D eigenvalue weighted by molar-refractivity contribution is -0.122. The van der Waals surface area contributed by atoms with Crippen LogP contribution in [0.3, 0.4) is 0 Å². The normalized spacial score (nSPS) is 19.5. The van der Waals surface area contributed by atoms with Crippen LogP contribution in [0.2, 0.25) is 0 Å². The second kappa shape index (κ2) is 6.26. The number of nitrogens with one attached hydrogen (secondary N) is 2. The molecule has 0 spiro atoms. The first kappa shape index (κ1) is 14.1. The lowest BCUT2D eigenvalue weighted by Crippen LogP contribution is -2.42. The molecule has 1 saturated heterocycles. The second-order valence-corrected chi connectivity index (χ2v) is 5.48. The van der Waals surface area contributed by atoms with Gasteiger partial charge in [0.15, 0.2) is 0 Å². The summed E-state index contributed by atoms with van der Waals surface area (Å²) < 4.78 is 2.21. The Balaban J connectivity index is 1.76. The molecule has 1 amide bonds. The van der Waals surface area contributed by atoms with Gasteiger partial charge in [0.05, 0.1) is 23.6 Å². The Bertz CT molecular complexity index is 634. The van der Waals surface area contributed by atoms with Gasteiger partial charge < -0.3 is 9.88 Å². The van der Waals surface area contributed by atoms with Gasteiger partial charge >= 0.3 is 0 Å². The second-order valence-electron chi connectivity index (χ2n) is 5.48. The van der Waals surface area contributed by atoms with Crippen LogP contribution in [0.15, 0.2) is 24.3 Å². The summed E-state index contributed by atoms with van der Waals surface area (Å²) in [5.74, 6) is 1.11. The maximum absolute atomic E-state index is 12.0. The molecule has 2 heterocycles. The third kappa shape index (κ3) is 2.93. The number of carbonyl (C=O) groups excluding carboxylic acids is 1. The lowest BCUT2D eigenvalue weighted by Gasteiger charge is -2.15. The molecule has 1 aliphatic rings. The van der Waals surface area contributed by atoms with Crippen LogP contribution in [0.4, 0.5) is 0 Å². The Morgan fingerprint density at radius 1 is 1.38 bits per heavy atom. The van der Waals surface area contributed by atoms with E-state index in [2.05, 4.69) is 33.2 Å². The van der Waals surface area contributed by atoms with Crippen LogP contribution in [-0.4, -0.2) is 28.0 Å². The van der Waals surface area contributed by atoms with Gasteiger partial charge in [-0.05, 0) is 38.3 Å². The summed E-state index contributed by atoms with van der Waals surface area (Å²) in [6, 6.07) is 8.06. The molecule has 5 heteroatoms. The zero-order valence-corrected chi connectivity index (χ0v) is 12.4. The van der Waals surface area contributed by atoms with E-state index in [1.807, 2.05) is 18.2 Å². The van der Waals surface area contributed by atoms with Gasteiger partial charge in [-0.2, -0.15) is 0 Å². The number of benzene rings is 1. The highest BCUT2D eigenvalue weighted by Crippen LogP contribution is 2.16. The number of para-hydroxylation sites is 2. The minimum Gasteiger partial charge on any atom is -0.355 e. The molecule has 0 saturated carbocycles. The number of aryl methyl sites for hydroxylation is 1. The molecule has 1 aromatic carbocycles. The zero-order valence-electron chi connectivity index (χ0n) is 12.4. The molecule has 2 aromatic rings. The first-order valence-electron chi connectivity index (χ1n) is 7.75. The Morgan fingerprint density at radius 3 is 3.10 bits per heavy atom. The van der Waals surface area contributed by atoms with Gasteiger partial charge in [-0.3, -0.25) is 10.1 Å². The number of fused-ring (bicyclic) bond motifs is 1. The third-order valence-corrected chi connectivity index (χ3v) is 4.09. The van der Waals surface area contributed by atoms with E-state index in [4.69, 9.17) is 0 Å². The summed E-state index contributed by atoms with van der Waals surface area (Å²) in [6.45, 7) is 4.43. The largest absolute Gasteiger partial charge is 0.355 e. The maximum Gasteiger partial charge on any atom is 0.237 e. The minimum absolute atomic E-state index is 0.0994. The van der Waals surface area contributed by atoms with Crippen LogP contribution in [-0.2, 0) is 17.9 Å². The quantitative estimate of drug-likeness (QED) is 0.901. The lowest BCUT2D eigenvalue weighted by atomic mass is 10.1. The summed E-state index contributed by atoms with van der Waals surface area (Å²) in [4.78, 5) is 16.6. The van der Waals surface area contributed by atoms with Gasteiger partial charge in [-0.1, -0.05) is 12.1 Å². The highest BCUT2D eigenvalue weighted by atomic mass is 16.2. The van der Waals surface area contributed by atoms with E-state index in [1.165, 1.54) is 0 Å². The van der Waals surface area contributed by atoms with Crippen molar-refractivity contribution >= 4 is 16.9 Å². The zero-order chi connectivity index (χ0) is 14.7. The van der Waals surface area contributed by atoms with Crippen molar-refractivity contribution in [1.82, 2.24) is 20.2 Å². The summed E-state index contributed by atoms with van der Waals surface area (Å²) >= 11 is 0. The average molecular weight is 286 g/mol. The van der Waals surface area contributed by atoms with E-state index in [0.717, 1.165) is 49.2 Å². The molecule has 5 nitrogen and oxygen atoms in total. The fraction of sp³-hybridized carbons (Fsp3) is 0.500. The van der Waals surface area contributed by atoms with Crippen molar-refractivity contribution in [2.45, 2.75) is 45.3 Å². The van der Waals surface area contributed by atoms with Crippen molar-refractivity contribution < 1.29 is 4.79 Å². The Labute approximate surface area is 124 Å². The first-order chi connectivity index (χ1) is 10.3. The Hall–Kier alpha value is -1.88. The monoisotopic (exact) mass is 286 g/mol. The highest BCUT2D eigenvalue weighted by Gasteiger charge is 2.20. The molecule has 2 N–H and O–H groups in total. The van der Waals surface area contributed by atoms with Crippen LogP contribution in [0.5, 0.6) is 0 Å². The van der Waals surface area contributed by atoms with Crippen molar-refractivity contribution in [2.75, 3.05) is 6.54 Å². The molecule has 0 radical (unpaired) electrons.